The van der Waals surface area contributed by atoms with Crippen LogP contribution in [0.1, 0.15) is 44.4 Å². The third-order valence-corrected chi connectivity index (χ3v) is 2.40. The molecule has 1 atom stereocenters. The van der Waals surface area contributed by atoms with Gasteiger partial charge in [0.05, 0.1) is 18.1 Å². The van der Waals surface area contributed by atoms with Gasteiger partial charge in [0.2, 0.25) is 0 Å². The van der Waals surface area contributed by atoms with Gasteiger partial charge < -0.3 is 9.84 Å². The Kier molecular flexibility index (Phi) is 4.81. The van der Waals surface area contributed by atoms with E-state index in [2.05, 4.69) is 0 Å². The van der Waals surface area contributed by atoms with Crippen LogP contribution in [0.5, 0.6) is 0 Å². The number of halogens is 3. The van der Waals surface area contributed by atoms with Crippen molar-refractivity contribution >= 4 is 5.97 Å². The van der Waals surface area contributed by atoms with Crippen molar-refractivity contribution in [2.45, 2.75) is 45.1 Å². The molecule has 0 aliphatic rings. The van der Waals surface area contributed by atoms with Crippen molar-refractivity contribution in [3.05, 3.63) is 35.4 Å². The van der Waals surface area contributed by atoms with Gasteiger partial charge in [-0.25, -0.2) is 0 Å². The number of aliphatic hydroxyl groups excluding tert-OH is 1. The van der Waals surface area contributed by atoms with Gasteiger partial charge in [-0.05, 0) is 38.5 Å². The summed E-state index contributed by atoms with van der Waals surface area (Å²) in [5.41, 5.74) is -1.23. The molecule has 112 valence electrons. The minimum atomic E-state index is -4.42. The molecule has 1 unspecified atom stereocenters. The molecule has 0 amide bonds. The first kappa shape index (κ1) is 16.5. The fourth-order valence-electron chi connectivity index (χ4n) is 1.55. The molecule has 0 radical (unpaired) electrons. The molecular weight excluding hydrogens is 273 g/mol. The first-order valence-electron chi connectivity index (χ1n) is 6.06. The molecule has 0 bridgehead atoms. The number of benzene rings is 1. The maximum absolute atomic E-state index is 12.4. The normalized spacial score (nSPS) is 13.9. The highest BCUT2D eigenvalue weighted by Crippen LogP contribution is 2.30. The van der Waals surface area contributed by atoms with E-state index in [1.54, 1.807) is 20.8 Å². The number of rotatable bonds is 3. The Labute approximate surface area is 115 Å². The second kappa shape index (κ2) is 5.83. The molecule has 0 spiro atoms. The average Bonchev–Trinajstić information content (AvgIpc) is 2.25. The van der Waals surface area contributed by atoms with Crippen molar-refractivity contribution in [2.75, 3.05) is 0 Å². The summed E-state index contributed by atoms with van der Waals surface area (Å²) in [5.74, 6) is -0.607. The second-order valence-corrected chi connectivity index (χ2v) is 5.43. The van der Waals surface area contributed by atoms with Crippen LogP contribution < -0.4 is 0 Å². The van der Waals surface area contributed by atoms with Crippen LogP contribution in [0.2, 0.25) is 0 Å². The number of esters is 1. The minimum Gasteiger partial charge on any atom is -0.460 e. The predicted octanol–water partition coefficient (Wildman–Crippen LogP) is 3.47. The summed E-state index contributed by atoms with van der Waals surface area (Å²) in [6.45, 7) is 5.07. The average molecular weight is 290 g/mol. The van der Waals surface area contributed by atoms with Gasteiger partial charge in [0.1, 0.15) is 5.60 Å². The topological polar surface area (TPSA) is 46.5 Å². The van der Waals surface area contributed by atoms with Crippen molar-refractivity contribution in [3.8, 4) is 0 Å². The SMILES string of the molecule is CC(C)(C)OC(=O)CC(O)c1ccc(C(F)(F)F)cc1. The first-order chi connectivity index (χ1) is 8.99. The molecule has 3 nitrogen and oxygen atoms in total. The Morgan fingerprint density at radius 1 is 1.20 bits per heavy atom. The Balaban J connectivity index is 2.69. The molecule has 20 heavy (non-hydrogen) atoms. The van der Waals surface area contributed by atoms with Crippen LogP contribution in [0.15, 0.2) is 24.3 Å². The van der Waals surface area contributed by atoms with Crippen LogP contribution in [0.3, 0.4) is 0 Å². The van der Waals surface area contributed by atoms with Crippen LogP contribution in [0.4, 0.5) is 13.2 Å². The van der Waals surface area contributed by atoms with Crippen molar-refractivity contribution in [2.24, 2.45) is 0 Å². The molecule has 0 aromatic heterocycles. The van der Waals surface area contributed by atoms with Gasteiger partial charge in [0, 0.05) is 0 Å². The largest absolute Gasteiger partial charge is 0.460 e. The van der Waals surface area contributed by atoms with Gasteiger partial charge in [0.25, 0.3) is 0 Å². The molecule has 1 aromatic rings. The highest BCUT2D eigenvalue weighted by atomic mass is 19.4. The number of ether oxygens (including phenoxy) is 1. The van der Waals surface area contributed by atoms with Crippen molar-refractivity contribution in [1.82, 2.24) is 0 Å². The summed E-state index contributed by atoms with van der Waals surface area (Å²) < 4.78 is 42.2. The van der Waals surface area contributed by atoms with E-state index in [0.29, 0.717) is 0 Å². The van der Waals surface area contributed by atoms with Crippen LogP contribution in [0, 0.1) is 0 Å². The summed E-state index contributed by atoms with van der Waals surface area (Å²) in [4.78, 5) is 11.5. The third kappa shape index (κ3) is 5.21. The number of alkyl halides is 3. The van der Waals surface area contributed by atoms with Gasteiger partial charge in [-0.1, -0.05) is 12.1 Å². The molecule has 0 saturated carbocycles. The van der Waals surface area contributed by atoms with E-state index in [-0.39, 0.29) is 12.0 Å². The highest BCUT2D eigenvalue weighted by molar-refractivity contribution is 5.70. The molecule has 1 rings (SSSR count). The van der Waals surface area contributed by atoms with E-state index >= 15 is 0 Å². The highest BCUT2D eigenvalue weighted by Gasteiger charge is 2.30. The van der Waals surface area contributed by atoms with Gasteiger partial charge in [0.15, 0.2) is 0 Å². The summed E-state index contributed by atoms with van der Waals surface area (Å²) in [6, 6.07) is 4.04. The Morgan fingerprint density at radius 2 is 1.70 bits per heavy atom. The van der Waals surface area contributed by atoms with Crippen molar-refractivity contribution in [1.29, 1.82) is 0 Å². The van der Waals surface area contributed by atoms with E-state index in [1.807, 2.05) is 0 Å². The quantitative estimate of drug-likeness (QED) is 0.867. The molecule has 6 heteroatoms. The zero-order valence-corrected chi connectivity index (χ0v) is 11.5. The maximum Gasteiger partial charge on any atom is 0.416 e. The number of carbonyl (C=O) groups is 1. The van der Waals surface area contributed by atoms with Crippen molar-refractivity contribution < 1.29 is 27.8 Å². The van der Waals surface area contributed by atoms with Gasteiger partial charge in [-0.3, -0.25) is 4.79 Å². The smallest absolute Gasteiger partial charge is 0.416 e. The van der Waals surface area contributed by atoms with E-state index < -0.39 is 29.4 Å². The molecule has 1 N–H and O–H groups in total. The van der Waals surface area contributed by atoms with E-state index in [9.17, 15) is 23.1 Å². The molecular formula is C14H17F3O3. The predicted molar refractivity (Wildman–Crippen MR) is 66.9 cm³/mol. The van der Waals surface area contributed by atoms with Gasteiger partial charge in [-0.2, -0.15) is 13.2 Å². The zero-order chi connectivity index (χ0) is 15.6. The van der Waals surface area contributed by atoms with Gasteiger partial charge >= 0.3 is 12.1 Å². The lowest BCUT2D eigenvalue weighted by molar-refractivity contribution is -0.157. The second-order valence-electron chi connectivity index (χ2n) is 5.43. The van der Waals surface area contributed by atoms with Crippen LogP contribution in [0.25, 0.3) is 0 Å². The van der Waals surface area contributed by atoms with Crippen molar-refractivity contribution in [3.63, 3.8) is 0 Å². The van der Waals surface area contributed by atoms with E-state index in [4.69, 9.17) is 4.74 Å². The lowest BCUT2D eigenvalue weighted by Gasteiger charge is -2.20. The summed E-state index contributed by atoms with van der Waals surface area (Å²) >= 11 is 0. The number of aliphatic hydroxyl groups is 1. The number of hydrogen-bond acceptors (Lipinski definition) is 3. The first-order valence-corrected chi connectivity index (χ1v) is 6.06. The lowest BCUT2D eigenvalue weighted by Crippen LogP contribution is -2.24. The summed E-state index contributed by atoms with van der Waals surface area (Å²) in [5, 5.41) is 9.80. The molecule has 0 fully saturated rings. The maximum atomic E-state index is 12.4. The van der Waals surface area contributed by atoms with Crippen LogP contribution >= 0.6 is 0 Å². The Hall–Kier alpha value is -1.56. The van der Waals surface area contributed by atoms with E-state index in [0.717, 1.165) is 24.3 Å². The Bertz CT molecular complexity index is 458. The molecule has 1 aromatic carbocycles. The standard InChI is InChI=1S/C14H17F3O3/c1-13(2,3)20-12(19)8-11(18)9-4-6-10(7-5-9)14(15,16)17/h4-7,11,18H,8H2,1-3H3. The third-order valence-electron chi connectivity index (χ3n) is 2.40. The number of carbonyl (C=O) groups excluding carboxylic acids is 1. The molecule has 0 heterocycles. The Morgan fingerprint density at radius 3 is 2.10 bits per heavy atom. The number of hydrogen-bond donors (Lipinski definition) is 1. The lowest BCUT2D eigenvalue weighted by atomic mass is 10.0. The minimum absolute atomic E-state index is 0.240. The summed E-state index contributed by atoms with van der Waals surface area (Å²) in [7, 11) is 0. The van der Waals surface area contributed by atoms with E-state index in [1.165, 1.54) is 0 Å². The monoisotopic (exact) mass is 290 g/mol. The fourth-order valence-corrected chi connectivity index (χ4v) is 1.55. The summed E-state index contributed by atoms with van der Waals surface area (Å²) in [6.07, 6.45) is -5.91. The fraction of sp³-hybridized carbons (Fsp3) is 0.500. The molecule has 0 saturated heterocycles. The van der Waals surface area contributed by atoms with Crippen LogP contribution in [-0.4, -0.2) is 16.7 Å². The molecule has 0 aliphatic carbocycles. The molecule has 0 aliphatic heterocycles. The van der Waals surface area contributed by atoms with Gasteiger partial charge in [-0.15, -0.1) is 0 Å². The van der Waals surface area contributed by atoms with Crippen LogP contribution in [-0.2, 0) is 15.7 Å². The zero-order valence-electron chi connectivity index (χ0n) is 11.5.